The van der Waals surface area contributed by atoms with Crippen molar-refractivity contribution in [2.24, 2.45) is 0 Å². The fourth-order valence-electron chi connectivity index (χ4n) is 2.95. The van der Waals surface area contributed by atoms with E-state index in [-0.39, 0.29) is 18.2 Å². The molecule has 7 heteroatoms. The fourth-order valence-corrected chi connectivity index (χ4v) is 2.95. The van der Waals surface area contributed by atoms with E-state index in [1.54, 1.807) is 31.4 Å². The van der Waals surface area contributed by atoms with E-state index < -0.39 is 18.1 Å². The summed E-state index contributed by atoms with van der Waals surface area (Å²) in [4.78, 5) is 36.6. The zero-order valence-corrected chi connectivity index (χ0v) is 13.8. The third-order valence-corrected chi connectivity index (χ3v) is 4.13. The lowest BCUT2D eigenvalue weighted by molar-refractivity contribution is -0.148. The number of ether oxygens (including phenoxy) is 1. The van der Waals surface area contributed by atoms with E-state index in [9.17, 15) is 19.5 Å². The molecule has 1 aliphatic heterocycles. The first-order valence-electron chi connectivity index (χ1n) is 7.85. The van der Waals surface area contributed by atoms with Crippen LogP contribution >= 0.6 is 0 Å². The van der Waals surface area contributed by atoms with E-state index in [2.05, 4.69) is 5.32 Å². The first-order chi connectivity index (χ1) is 11.4. The van der Waals surface area contributed by atoms with Crippen molar-refractivity contribution >= 4 is 17.8 Å². The lowest BCUT2D eigenvalue weighted by atomic mass is 10.0. The molecule has 1 saturated heterocycles. The van der Waals surface area contributed by atoms with Crippen LogP contribution in [0.5, 0.6) is 5.75 Å². The fraction of sp³-hybridized carbons (Fsp3) is 0.471. The van der Waals surface area contributed by atoms with Gasteiger partial charge in [-0.3, -0.25) is 9.59 Å². The molecule has 1 aliphatic rings. The van der Waals surface area contributed by atoms with Crippen LogP contribution in [0.15, 0.2) is 24.3 Å². The van der Waals surface area contributed by atoms with E-state index >= 15 is 0 Å². The number of aliphatic carboxylic acids is 1. The molecule has 0 aliphatic carbocycles. The molecule has 0 saturated carbocycles. The van der Waals surface area contributed by atoms with Crippen molar-refractivity contribution < 1.29 is 24.2 Å². The average Bonchev–Trinajstić information content (AvgIpc) is 3.04. The van der Waals surface area contributed by atoms with Crippen molar-refractivity contribution in [3.8, 4) is 5.75 Å². The maximum Gasteiger partial charge on any atom is 0.326 e. The zero-order chi connectivity index (χ0) is 17.7. The van der Waals surface area contributed by atoms with Crippen LogP contribution in [-0.4, -0.2) is 47.5 Å². The summed E-state index contributed by atoms with van der Waals surface area (Å²) in [5.74, 6) is -0.826. The Balaban J connectivity index is 2.14. The summed E-state index contributed by atoms with van der Waals surface area (Å²) in [7, 11) is 1.56. The van der Waals surface area contributed by atoms with Gasteiger partial charge >= 0.3 is 5.97 Å². The van der Waals surface area contributed by atoms with Gasteiger partial charge in [-0.05, 0) is 30.5 Å². The average molecular weight is 334 g/mol. The first-order valence-corrected chi connectivity index (χ1v) is 7.85. The highest BCUT2D eigenvalue weighted by Gasteiger charge is 2.34. The smallest absolute Gasteiger partial charge is 0.326 e. The second-order valence-corrected chi connectivity index (χ2v) is 5.81. The highest BCUT2D eigenvalue weighted by atomic mass is 16.5. The summed E-state index contributed by atoms with van der Waals surface area (Å²) < 4.78 is 5.11. The summed E-state index contributed by atoms with van der Waals surface area (Å²) in [6.07, 6.45) is 1.17. The number of carbonyl (C=O) groups is 3. The molecule has 130 valence electrons. The molecule has 1 fully saturated rings. The van der Waals surface area contributed by atoms with Crippen LogP contribution in [0.25, 0.3) is 0 Å². The Morgan fingerprint density at radius 3 is 2.54 bits per heavy atom. The number of benzene rings is 1. The summed E-state index contributed by atoms with van der Waals surface area (Å²) in [6.45, 7) is 1.82. The molecule has 24 heavy (non-hydrogen) atoms. The highest BCUT2D eigenvalue weighted by molar-refractivity contribution is 5.85. The van der Waals surface area contributed by atoms with E-state index in [4.69, 9.17) is 4.74 Å². The third kappa shape index (κ3) is 4.24. The molecule has 2 atom stereocenters. The van der Waals surface area contributed by atoms with Gasteiger partial charge in [-0.15, -0.1) is 0 Å². The molecule has 2 amide bonds. The Kier molecular flexibility index (Phi) is 5.78. The van der Waals surface area contributed by atoms with Crippen LogP contribution < -0.4 is 10.1 Å². The van der Waals surface area contributed by atoms with Crippen LogP contribution in [-0.2, 0) is 14.4 Å². The maximum atomic E-state index is 12.5. The topological polar surface area (TPSA) is 95.9 Å². The summed E-state index contributed by atoms with van der Waals surface area (Å²) in [6, 6.07) is 5.80. The molecule has 1 aromatic rings. The van der Waals surface area contributed by atoms with Gasteiger partial charge in [-0.1, -0.05) is 12.1 Å². The number of rotatable bonds is 6. The second-order valence-electron chi connectivity index (χ2n) is 5.81. The maximum absolute atomic E-state index is 12.5. The minimum atomic E-state index is -0.985. The molecular weight excluding hydrogens is 312 g/mol. The number of carbonyl (C=O) groups excluding carboxylic acids is 2. The van der Waals surface area contributed by atoms with Gasteiger partial charge in [0, 0.05) is 13.5 Å². The molecule has 0 aromatic heterocycles. The highest BCUT2D eigenvalue weighted by Crippen LogP contribution is 2.24. The third-order valence-electron chi connectivity index (χ3n) is 4.13. The predicted octanol–water partition coefficient (Wildman–Crippen LogP) is 1.34. The summed E-state index contributed by atoms with van der Waals surface area (Å²) in [5.41, 5.74) is 0.769. The number of amides is 2. The van der Waals surface area contributed by atoms with Crippen LogP contribution in [0.2, 0.25) is 0 Å². The lowest BCUT2D eigenvalue weighted by Crippen LogP contribution is -2.42. The number of likely N-dealkylation sites (tertiary alicyclic amines) is 1. The Morgan fingerprint density at radius 1 is 1.33 bits per heavy atom. The molecule has 7 nitrogen and oxygen atoms in total. The van der Waals surface area contributed by atoms with Gasteiger partial charge in [0.2, 0.25) is 11.8 Å². The van der Waals surface area contributed by atoms with Crippen molar-refractivity contribution in [2.45, 2.75) is 38.3 Å². The molecule has 0 spiro atoms. The van der Waals surface area contributed by atoms with Crippen LogP contribution in [0, 0.1) is 0 Å². The largest absolute Gasteiger partial charge is 0.497 e. The predicted molar refractivity (Wildman–Crippen MR) is 86.5 cm³/mol. The number of hydrogen-bond acceptors (Lipinski definition) is 4. The minimum Gasteiger partial charge on any atom is -0.497 e. The van der Waals surface area contributed by atoms with Crippen LogP contribution in [0.4, 0.5) is 0 Å². The molecule has 0 unspecified atom stereocenters. The minimum absolute atomic E-state index is 0.0235. The Bertz CT molecular complexity index is 614. The van der Waals surface area contributed by atoms with Gasteiger partial charge in [0.15, 0.2) is 0 Å². The van der Waals surface area contributed by atoms with E-state index in [1.807, 2.05) is 0 Å². The number of carboxylic acid groups (broad SMARTS) is 1. The molecule has 2 rings (SSSR count). The van der Waals surface area contributed by atoms with Gasteiger partial charge < -0.3 is 20.1 Å². The van der Waals surface area contributed by atoms with Gasteiger partial charge in [0.1, 0.15) is 11.8 Å². The number of carboxylic acids is 1. The SMILES string of the molecule is COc1ccc([C@@H](CC(=O)N2CCC[C@H]2C(=O)O)NC(C)=O)cc1. The molecule has 0 radical (unpaired) electrons. The normalized spacial score (nSPS) is 18.1. The Labute approximate surface area is 140 Å². The molecular formula is C17H22N2O5. The number of hydrogen-bond donors (Lipinski definition) is 2. The summed E-state index contributed by atoms with van der Waals surface area (Å²) >= 11 is 0. The van der Waals surface area contributed by atoms with Crippen molar-refractivity contribution in [1.29, 1.82) is 0 Å². The standard InChI is InChI=1S/C17H22N2O5/c1-11(20)18-14(12-5-7-13(24-2)8-6-12)10-16(21)19-9-3-4-15(19)17(22)23/h5-8,14-15H,3-4,9-10H2,1-2H3,(H,18,20)(H,22,23)/t14-,15+/m1/s1. The molecule has 0 bridgehead atoms. The van der Waals surface area contributed by atoms with Gasteiger partial charge in [0.25, 0.3) is 0 Å². The molecule has 2 N–H and O–H groups in total. The monoisotopic (exact) mass is 334 g/mol. The number of methoxy groups -OCH3 is 1. The van der Waals surface area contributed by atoms with Crippen molar-refractivity contribution in [3.05, 3.63) is 29.8 Å². The van der Waals surface area contributed by atoms with Crippen molar-refractivity contribution in [2.75, 3.05) is 13.7 Å². The summed E-state index contributed by atoms with van der Waals surface area (Å²) in [5, 5.41) is 12.0. The Morgan fingerprint density at radius 2 is 2.00 bits per heavy atom. The van der Waals surface area contributed by atoms with Gasteiger partial charge in [-0.25, -0.2) is 4.79 Å². The number of nitrogens with zero attached hydrogens (tertiary/aromatic N) is 1. The van der Waals surface area contributed by atoms with Crippen LogP contribution in [0.3, 0.4) is 0 Å². The first kappa shape index (κ1) is 17.8. The molecule has 1 aromatic carbocycles. The van der Waals surface area contributed by atoms with Crippen molar-refractivity contribution in [1.82, 2.24) is 10.2 Å². The van der Waals surface area contributed by atoms with E-state index in [0.717, 1.165) is 5.56 Å². The quantitative estimate of drug-likeness (QED) is 0.818. The lowest BCUT2D eigenvalue weighted by Gasteiger charge is -2.25. The Hall–Kier alpha value is -2.57. The van der Waals surface area contributed by atoms with E-state index in [1.165, 1.54) is 11.8 Å². The zero-order valence-electron chi connectivity index (χ0n) is 13.8. The van der Waals surface area contributed by atoms with Gasteiger partial charge in [0.05, 0.1) is 19.6 Å². The molecule has 1 heterocycles. The van der Waals surface area contributed by atoms with Crippen molar-refractivity contribution in [3.63, 3.8) is 0 Å². The second kappa shape index (κ2) is 7.81. The number of nitrogens with one attached hydrogen (secondary N) is 1. The van der Waals surface area contributed by atoms with Crippen LogP contribution in [0.1, 0.15) is 37.8 Å². The van der Waals surface area contributed by atoms with Gasteiger partial charge in [-0.2, -0.15) is 0 Å². The van der Waals surface area contributed by atoms with E-state index in [0.29, 0.717) is 25.1 Å².